The predicted octanol–water partition coefficient (Wildman–Crippen LogP) is 2.88. The molecule has 1 aromatic rings. The molecule has 2 heteroatoms. The summed E-state index contributed by atoms with van der Waals surface area (Å²) in [6, 6.07) is 0. The Morgan fingerprint density at radius 1 is 1.50 bits per heavy atom. The van der Waals surface area contributed by atoms with Crippen LogP contribution in [0.5, 0.6) is 0 Å². The molecule has 0 atom stereocenters. The summed E-state index contributed by atoms with van der Waals surface area (Å²) in [5.41, 5.74) is 1.89. The lowest BCUT2D eigenvalue weighted by molar-refractivity contribution is 0.494. The summed E-state index contributed by atoms with van der Waals surface area (Å²) in [7, 11) is 0. The number of rotatable bonds is 2. The van der Waals surface area contributed by atoms with Crippen molar-refractivity contribution in [2.45, 2.75) is 20.8 Å². The van der Waals surface area contributed by atoms with Crippen LogP contribution in [0.3, 0.4) is 0 Å². The number of aryl methyl sites for hydroxylation is 2. The van der Waals surface area contributed by atoms with E-state index in [-0.39, 0.29) is 0 Å². The zero-order valence-corrected chi connectivity index (χ0v) is 7.72. The van der Waals surface area contributed by atoms with Crippen molar-refractivity contribution in [3.63, 3.8) is 0 Å². The maximum absolute atomic E-state index is 5.25. The number of aromatic nitrogens is 1. The average Bonchev–Trinajstić information content (AvgIpc) is 2.26. The molecule has 64 valence electrons. The summed E-state index contributed by atoms with van der Waals surface area (Å²) in [5, 5.41) is 0. The highest BCUT2D eigenvalue weighted by molar-refractivity contribution is 5.49. The molecule has 0 radical (unpaired) electrons. The van der Waals surface area contributed by atoms with E-state index in [1.165, 1.54) is 0 Å². The van der Waals surface area contributed by atoms with Gasteiger partial charge in [-0.15, -0.1) is 0 Å². The van der Waals surface area contributed by atoms with E-state index in [9.17, 15) is 0 Å². The molecule has 0 amide bonds. The molecular formula is C10H13NO. The molecule has 0 aliphatic carbocycles. The molecule has 0 aromatic carbocycles. The maximum atomic E-state index is 5.25. The summed E-state index contributed by atoms with van der Waals surface area (Å²) in [4.78, 5) is 4.19. The molecule has 0 saturated carbocycles. The van der Waals surface area contributed by atoms with Crippen LogP contribution in [0.4, 0.5) is 0 Å². The van der Waals surface area contributed by atoms with Crippen LogP contribution < -0.4 is 0 Å². The minimum absolute atomic E-state index is 0.703. The first-order valence-corrected chi connectivity index (χ1v) is 3.87. The minimum Gasteiger partial charge on any atom is -0.446 e. The van der Waals surface area contributed by atoms with Gasteiger partial charge in [-0.2, -0.15) is 0 Å². The van der Waals surface area contributed by atoms with Crippen molar-refractivity contribution in [3.05, 3.63) is 35.6 Å². The van der Waals surface area contributed by atoms with E-state index in [0.29, 0.717) is 5.89 Å². The molecule has 2 nitrogen and oxygen atoms in total. The van der Waals surface area contributed by atoms with Gasteiger partial charge >= 0.3 is 0 Å². The van der Waals surface area contributed by atoms with Gasteiger partial charge in [0.1, 0.15) is 11.5 Å². The summed E-state index contributed by atoms with van der Waals surface area (Å²) < 4.78 is 5.25. The van der Waals surface area contributed by atoms with Crippen molar-refractivity contribution in [2.75, 3.05) is 0 Å². The van der Waals surface area contributed by atoms with E-state index < -0.39 is 0 Å². The fourth-order valence-corrected chi connectivity index (χ4v) is 0.921. The SMILES string of the molecule is C=C(C)/C=C\c1nc(C)oc1C. The molecule has 1 aromatic heterocycles. The summed E-state index contributed by atoms with van der Waals surface area (Å²) in [6.45, 7) is 9.44. The fourth-order valence-electron chi connectivity index (χ4n) is 0.921. The molecule has 0 aliphatic rings. The molecule has 0 fully saturated rings. The minimum atomic E-state index is 0.703. The normalized spacial score (nSPS) is 10.9. The van der Waals surface area contributed by atoms with Gasteiger partial charge in [-0.3, -0.25) is 0 Å². The van der Waals surface area contributed by atoms with Crippen LogP contribution in [0.2, 0.25) is 0 Å². The first-order chi connectivity index (χ1) is 5.59. The van der Waals surface area contributed by atoms with Crippen LogP contribution in [0, 0.1) is 13.8 Å². The highest BCUT2D eigenvalue weighted by atomic mass is 16.4. The van der Waals surface area contributed by atoms with E-state index in [1.807, 2.05) is 32.9 Å². The number of nitrogens with zero attached hydrogens (tertiary/aromatic N) is 1. The van der Waals surface area contributed by atoms with Crippen molar-refractivity contribution in [3.8, 4) is 0 Å². The van der Waals surface area contributed by atoms with Gasteiger partial charge in [0.25, 0.3) is 0 Å². The maximum Gasteiger partial charge on any atom is 0.191 e. The van der Waals surface area contributed by atoms with Crippen LogP contribution >= 0.6 is 0 Å². The molecule has 1 heterocycles. The zero-order chi connectivity index (χ0) is 9.14. The lowest BCUT2D eigenvalue weighted by Crippen LogP contribution is -1.75. The number of hydrogen-bond donors (Lipinski definition) is 0. The molecule has 0 aliphatic heterocycles. The highest BCUT2D eigenvalue weighted by Crippen LogP contribution is 2.11. The van der Waals surface area contributed by atoms with Crippen molar-refractivity contribution in [2.24, 2.45) is 0 Å². The van der Waals surface area contributed by atoms with Crippen LogP contribution in [-0.4, -0.2) is 4.98 Å². The summed E-state index contributed by atoms with van der Waals surface area (Å²) >= 11 is 0. The standard InChI is InChI=1S/C10H13NO/c1-7(2)5-6-10-8(3)12-9(4)11-10/h5-6H,1H2,2-4H3/b6-5-. The molecule has 0 spiro atoms. The van der Waals surface area contributed by atoms with Crippen molar-refractivity contribution in [1.29, 1.82) is 0 Å². The molecular weight excluding hydrogens is 150 g/mol. The Hall–Kier alpha value is -1.31. The molecule has 12 heavy (non-hydrogen) atoms. The topological polar surface area (TPSA) is 26.0 Å². The number of oxazole rings is 1. The molecule has 0 bridgehead atoms. The van der Waals surface area contributed by atoms with E-state index in [4.69, 9.17) is 4.42 Å². The Morgan fingerprint density at radius 3 is 2.58 bits per heavy atom. The second kappa shape index (κ2) is 3.39. The van der Waals surface area contributed by atoms with Crippen molar-refractivity contribution in [1.82, 2.24) is 4.98 Å². The third-order valence-corrected chi connectivity index (χ3v) is 1.47. The van der Waals surface area contributed by atoms with Gasteiger partial charge < -0.3 is 4.42 Å². The van der Waals surface area contributed by atoms with Crippen LogP contribution in [-0.2, 0) is 0 Å². The van der Waals surface area contributed by atoms with E-state index >= 15 is 0 Å². The smallest absolute Gasteiger partial charge is 0.191 e. The monoisotopic (exact) mass is 163 g/mol. The Balaban J connectivity index is 2.89. The Kier molecular flexibility index (Phi) is 2.48. The van der Waals surface area contributed by atoms with E-state index in [1.54, 1.807) is 0 Å². The van der Waals surface area contributed by atoms with E-state index in [2.05, 4.69) is 11.6 Å². The Bertz CT molecular complexity index is 321. The second-order valence-electron chi connectivity index (χ2n) is 2.85. The van der Waals surface area contributed by atoms with Crippen molar-refractivity contribution < 1.29 is 4.42 Å². The molecule has 1 rings (SSSR count). The Morgan fingerprint density at radius 2 is 2.17 bits per heavy atom. The van der Waals surface area contributed by atoms with Gasteiger partial charge in [0.05, 0.1) is 0 Å². The predicted molar refractivity (Wildman–Crippen MR) is 49.8 cm³/mol. The Labute approximate surface area is 72.6 Å². The molecule has 0 unspecified atom stereocenters. The third-order valence-electron chi connectivity index (χ3n) is 1.47. The van der Waals surface area contributed by atoms with Crippen LogP contribution in [0.25, 0.3) is 6.08 Å². The first kappa shape index (κ1) is 8.78. The number of hydrogen-bond acceptors (Lipinski definition) is 2. The third kappa shape index (κ3) is 2.09. The molecule has 0 N–H and O–H groups in total. The van der Waals surface area contributed by atoms with Gasteiger partial charge in [0.2, 0.25) is 0 Å². The van der Waals surface area contributed by atoms with Gasteiger partial charge in [-0.1, -0.05) is 18.2 Å². The summed E-state index contributed by atoms with van der Waals surface area (Å²) in [5.74, 6) is 1.55. The van der Waals surface area contributed by atoms with Crippen LogP contribution in [0.1, 0.15) is 24.3 Å². The van der Waals surface area contributed by atoms with Gasteiger partial charge in [0, 0.05) is 6.92 Å². The van der Waals surface area contributed by atoms with Gasteiger partial charge in [-0.25, -0.2) is 4.98 Å². The largest absolute Gasteiger partial charge is 0.446 e. The fraction of sp³-hybridized carbons (Fsp3) is 0.300. The first-order valence-electron chi connectivity index (χ1n) is 3.87. The van der Waals surface area contributed by atoms with Crippen molar-refractivity contribution >= 4 is 6.08 Å². The summed E-state index contributed by atoms with van der Waals surface area (Å²) in [6.07, 6.45) is 3.83. The highest BCUT2D eigenvalue weighted by Gasteiger charge is 2.01. The van der Waals surface area contributed by atoms with E-state index in [0.717, 1.165) is 17.0 Å². The van der Waals surface area contributed by atoms with Crippen LogP contribution in [0.15, 0.2) is 22.6 Å². The number of allylic oxidation sites excluding steroid dienone is 2. The quantitative estimate of drug-likeness (QED) is 0.626. The lowest BCUT2D eigenvalue weighted by atomic mass is 10.2. The van der Waals surface area contributed by atoms with Gasteiger partial charge in [-0.05, 0) is 19.9 Å². The average molecular weight is 163 g/mol. The second-order valence-corrected chi connectivity index (χ2v) is 2.85. The van der Waals surface area contributed by atoms with Gasteiger partial charge in [0.15, 0.2) is 5.89 Å². The zero-order valence-electron chi connectivity index (χ0n) is 7.72. The molecule has 0 saturated heterocycles. The lowest BCUT2D eigenvalue weighted by Gasteiger charge is -1.85.